The van der Waals surface area contributed by atoms with Crippen molar-refractivity contribution >= 4 is 21.1 Å². The summed E-state index contributed by atoms with van der Waals surface area (Å²) in [5.74, 6) is 0.757. The van der Waals surface area contributed by atoms with Gasteiger partial charge < -0.3 is 10.2 Å². The van der Waals surface area contributed by atoms with Crippen LogP contribution in [0.3, 0.4) is 0 Å². The second-order valence-corrected chi connectivity index (χ2v) is 8.66. The van der Waals surface area contributed by atoms with Crippen molar-refractivity contribution in [2.75, 3.05) is 26.8 Å². The average Bonchev–Trinajstić information content (AvgIpc) is 2.46. The molecule has 4 heteroatoms. The van der Waals surface area contributed by atoms with Crippen molar-refractivity contribution in [1.29, 1.82) is 0 Å². The molecule has 1 unspecified atom stereocenters. The molecule has 1 atom stereocenters. The van der Waals surface area contributed by atoms with Crippen molar-refractivity contribution in [3.63, 3.8) is 0 Å². The Morgan fingerprint density at radius 3 is 1.95 bits per heavy atom. The van der Waals surface area contributed by atoms with Crippen molar-refractivity contribution in [1.82, 2.24) is 5.32 Å². The Kier molecular flexibility index (Phi) is 21.0. The number of benzene rings is 1. The number of likely N-dealkylation sites (N-methyl/N-ethyl adjacent to an activating group) is 1. The van der Waals surface area contributed by atoms with Crippen molar-refractivity contribution in [2.45, 2.75) is 35.6 Å². The molecule has 0 bridgehead atoms. The van der Waals surface area contributed by atoms with Gasteiger partial charge in [-0.1, -0.05) is 13.8 Å². The molecule has 0 saturated carbocycles. The van der Waals surface area contributed by atoms with Crippen molar-refractivity contribution in [2.24, 2.45) is 0 Å². The Morgan fingerprint density at radius 1 is 1.05 bits per heavy atom. The summed E-state index contributed by atoms with van der Waals surface area (Å²) in [6, 6.07) is 10.9. The maximum atomic E-state index is 8.93. The van der Waals surface area contributed by atoms with E-state index in [2.05, 4.69) is 42.6 Å². The fourth-order valence-corrected chi connectivity index (χ4v) is 4.50. The fraction of sp³-hybridized carbons (Fsp3) is 0.625. The molecule has 0 heterocycles. The van der Waals surface area contributed by atoms with Crippen LogP contribution in [0, 0.1) is 0 Å². The first kappa shape index (κ1) is 22.2. The summed E-state index contributed by atoms with van der Waals surface area (Å²) in [5, 5.41) is 21.2. The summed E-state index contributed by atoms with van der Waals surface area (Å²) in [5.41, 5.74) is 1.51. The van der Waals surface area contributed by atoms with Crippen molar-refractivity contribution < 1.29 is 10.2 Å². The van der Waals surface area contributed by atoms with Crippen LogP contribution in [-0.2, 0) is 0 Å². The molecule has 114 valence electrons. The second-order valence-electron chi connectivity index (χ2n) is 4.05. The molecule has 1 aromatic rings. The summed E-state index contributed by atoms with van der Waals surface area (Å²) in [6.07, 6.45) is 0. The molecule has 0 radical (unpaired) electrons. The van der Waals surface area contributed by atoms with Crippen LogP contribution in [0.2, 0.25) is 8.87 Å². The first-order chi connectivity index (χ1) is 9.71. The summed E-state index contributed by atoms with van der Waals surface area (Å²) in [6.45, 7) is 6.60. The van der Waals surface area contributed by atoms with Gasteiger partial charge in [0.25, 0.3) is 0 Å². The van der Waals surface area contributed by atoms with Gasteiger partial charge in [0.1, 0.15) is 0 Å². The first-order valence-electron chi connectivity index (χ1n) is 7.28. The average molecular weight is 386 g/mol. The number of hydrogen-bond donors (Lipinski definition) is 1. The van der Waals surface area contributed by atoms with Gasteiger partial charge in [0.2, 0.25) is 0 Å². The van der Waals surface area contributed by atoms with Gasteiger partial charge in [0.15, 0.2) is 0 Å². The van der Waals surface area contributed by atoms with E-state index in [1.54, 1.807) is 13.8 Å². The van der Waals surface area contributed by atoms with Crippen LogP contribution >= 0.6 is 0 Å². The summed E-state index contributed by atoms with van der Waals surface area (Å²) >= 11 is -0.0876. The topological polar surface area (TPSA) is 58.1 Å². The van der Waals surface area contributed by atoms with Gasteiger partial charge in [0, 0.05) is 0 Å². The zero-order valence-electron chi connectivity index (χ0n) is 13.3. The third kappa shape index (κ3) is 14.3. The zero-order chi connectivity index (χ0) is 15.6. The molecule has 0 saturated heterocycles. The zero-order valence-corrected chi connectivity index (χ0v) is 16.2. The molecule has 3 nitrogen and oxygen atoms in total. The van der Waals surface area contributed by atoms with E-state index in [0.29, 0.717) is 0 Å². The van der Waals surface area contributed by atoms with Gasteiger partial charge in [-0.2, -0.15) is 0 Å². The Bertz CT molecular complexity index is 268. The first-order valence-corrected chi connectivity index (χ1v) is 11.3. The van der Waals surface area contributed by atoms with E-state index < -0.39 is 0 Å². The fourth-order valence-electron chi connectivity index (χ4n) is 1.60. The Morgan fingerprint density at radius 2 is 1.55 bits per heavy atom. The molecule has 0 aliphatic carbocycles. The molecule has 0 aliphatic rings. The normalized spacial score (nSPS) is 10.3. The molecule has 0 fully saturated rings. The second kappa shape index (κ2) is 18.9. The summed E-state index contributed by atoms with van der Waals surface area (Å²) < 4.78 is 2.92. The van der Waals surface area contributed by atoms with Gasteiger partial charge >= 0.3 is 97.7 Å². The van der Waals surface area contributed by atoms with E-state index in [1.165, 1.54) is 14.4 Å². The minimum atomic E-state index is -0.0876. The number of nitrogens with one attached hydrogen (secondary N) is 1. The van der Waals surface area contributed by atoms with Crippen molar-refractivity contribution in [3.8, 4) is 0 Å². The SMILES string of the molecule is CC[O-].CC[O-].C[CH2][Sn+2][CH2]C(CNC)c1ccccc1. The molecule has 1 rings (SSSR count). The Labute approximate surface area is 135 Å². The molecular formula is C16H29NO2Sn. The Balaban J connectivity index is 0. The predicted octanol–water partition coefficient (Wildman–Crippen LogP) is 1.28. The van der Waals surface area contributed by atoms with E-state index in [1.807, 2.05) is 7.05 Å². The summed E-state index contributed by atoms with van der Waals surface area (Å²) in [7, 11) is 2.05. The third-order valence-electron chi connectivity index (χ3n) is 2.36. The van der Waals surface area contributed by atoms with E-state index in [4.69, 9.17) is 10.2 Å². The van der Waals surface area contributed by atoms with Crippen LogP contribution in [0.25, 0.3) is 0 Å². The summed E-state index contributed by atoms with van der Waals surface area (Å²) in [4.78, 5) is 0. The van der Waals surface area contributed by atoms with Crippen LogP contribution < -0.4 is 15.5 Å². The third-order valence-corrected chi connectivity index (χ3v) is 6.02. The predicted molar refractivity (Wildman–Crippen MR) is 85.2 cm³/mol. The number of rotatable bonds is 6. The van der Waals surface area contributed by atoms with Gasteiger partial charge in [-0.25, -0.2) is 0 Å². The molecule has 20 heavy (non-hydrogen) atoms. The van der Waals surface area contributed by atoms with E-state index in [-0.39, 0.29) is 34.4 Å². The van der Waals surface area contributed by atoms with E-state index in [0.717, 1.165) is 12.5 Å². The molecule has 0 spiro atoms. The van der Waals surface area contributed by atoms with Crippen LogP contribution in [-0.4, -0.2) is 47.9 Å². The van der Waals surface area contributed by atoms with Crippen LogP contribution in [0.1, 0.15) is 32.3 Å². The minimum absolute atomic E-state index is 0. The monoisotopic (exact) mass is 387 g/mol. The molecular weight excluding hydrogens is 357 g/mol. The molecule has 0 aliphatic heterocycles. The van der Waals surface area contributed by atoms with Gasteiger partial charge in [-0.15, -0.1) is 13.2 Å². The van der Waals surface area contributed by atoms with Crippen LogP contribution in [0.5, 0.6) is 0 Å². The molecule has 1 aromatic carbocycles. The van der Waals surface area contributed by atoms with Crippen LogP contribution in [0.4, 0.5) is 0 Å². The van der Waals surface area contributed by atoms with E-state index in [9.17, 15) is 0 Å². The molecule has 0 aromatic heterocycles. The van der Waals surface area contributed by atoms with E-state index >= 15 is 0 Å². The standard InChI is InChI=1S/C10H14N.2C2H5O.C2H5.Sn/c1-9(8-11-2)10-6-4-3-5-7-10;2*1-2-3;1-2;/h3-7,9,11H,1,8H2,2H3;2*2H2,1H3;1H2,2H3;/q;2*-1;;+2. The molecule has 0 amide bonds. The number of hydrogen-bond acceptors (Lipinski definition) is 3. The quantitative estimate of drug-likeness (QED) is 0.750. The van der Waals surface area contributed by atoms with Gasteiger partial charge in [-0.05, 0) is 0 Å². The Hall–Kier alpha value is -0.101. The molecule has 1 N–H and O–H groups in total. The van der Waals surface area contributed by atoms with Gasteiger partial charge in [-0.3, -0.25) is 0 Å². The van der Waals surface area contributed by atoms with Gasteiger partial charge in [0.05, 0.1) is 0 Å². The maximum absolute atomic E-state index is 8.93. The van der Waals surface area contributed by atoms with Crippen molar-refractivity contribution in [3.05, 3.63) is 35.9 Å². The van der Waals surface area contributed by atoms with Crippen LogP contribution in [0.15, 0.2) is 30.3 Å².